The number of benzene rings is 2. The van der Waals surface area contributed by atoms with Crippen molar-refractivity contribution in [1.29, 1.82) is 0 Å². The van der Waals surface area contributed by atoms with E-state index in [0.29, 0.717) is 33.6 Å². The molecule has 164 valence electrons. The van der Waals surface area contributed by atoms with Gasteiger partial charge in [-0.05, 0) is 23.3 Å². The second kappa shape index (κ2) is 8.64. The van der Waals surface area contributed by atoms with E-state index < -0.39 is 16.2 Å². The lowest BCUT2D eigenvalue weighted by Crippen LogP contribution is -2.37. The van der Waals surface area contributed by atoms with Crippen LogP contribution in [0.5, 0.6) is 0 Å². The Morgan fingerprint density at radius 1 is 1.00 bits per heavy atom. The number of nitro groups is 1. The summed E-state index contributed by atoms with van der Waals surface area (Å²) < 4.78 is 4.20. The Morgan fingerprint density at radius 3 is 2.25 bits per heavy atom. The summed E-state index contributed by atoms with van der Waals surface area (Å²) in [4.78, 5) is 40.3. The van der Waals surface area contributed by atoms with Gasteiger partial charge in [0.2, 0.25) is 0 Å². The van der Waals surface area contributed by atoms with E-state index in [9.17, 15) is 19.7 Å². The molecule has 0 atom stereocenters. The minimum Gasteiger partial charge on any atom is -0.309 e. The zero-order valence-electron chi connectivity index (χ0n) is 17.2. The van der Waals surface area contributed by atoms with Gasteiger partial charge in [0.25, 0.3) is 11.2 Å². The van der Waals surface area contributed by atoms with Crippen LogP contribution in [0.3, 0.4) is 0 Å². The van der Waals surface area contributed by atoms with Gasteiger partial charge in [-0.2, -0.15) is 0 Å². The zero-order chi connectivity index (χ0) is 23.0. The Labute approximate surface area is 191 Å². The molecule has 0 saturated heterocycles. The minimum atomic E-state index is -0.453. The van der Waals surface area contributed by atoms with Gasteiger partial charge in [0.1, 0.15) is 0 Å². The summed E-state index contributed by atoms with van der Waals surface area (Å²) in [7, 11) is 3.02. The van der Waals surface area contributed by atoms with Crippen molar-refractivity contribution in [2.45, 2.75) is 17.5 Å². The van der Waals surface area contributed by atoms with E-state index in [1.54, 1.807) is 35.9 Å². The van der Waals surface area contributed by atoms with Crippen LogP contribution >= 0.6 is 23.4 Å². The molecule has 2 aromatic carbocycles. The Hall–Kier alpha value is -3.37. The maximum atomic E-state index is 12.9. The van der Waals surface area contributed by atoms with Crippen LogP contribution in [0.2, 0.25) is 5.02 Å². The van der Waals surface area contributed by atoms with Crippen molar-refractivity contribution in [3.8, 4) is 0 Å². The SMILES string of the molecule is Cn1c(=O)c2c(nc(SCc3ccc([N+](=O)[O-])cc3)n2Cc2ccc(Cl)cc2)n(C)c1=O. The first-order valence-corrected chi connectivity index (χ1v) is 10.9. The van der Waals surface area contributed by atoms with Crippen LogP contribution in [0, 0.1) is 10.1 Å². The lowest BCUT2D eigenvalue weighted by molar-refractivity contribution is -0.384. The smallest absolute Gasteiger partial charge is 0.309 e. The molecule has 0 saturated carbocycles. The molecule has 0 bridgehead atoms. The van der Waals surface area contributed by atoms with Gasteiger partial charge in [-0.25, -0.2) is 9.78 Å². The van der Waals surface area contributed by atoms with Gasteiger partial charge in [0, 0.05) is 37.0 Å². The zero-order valence-corrected chi connectivity index (χ0v) is 18.8. The second-order valence-electron chi connectivity index (χ2n) is 7.20. The molecule has 32 heavy (non-hydrogen) atoms. The molecule has 0 radical (unpaired) electrons. The van der Waals surface area contributed by atoms with Crippen LogP contribution in [0.25, 0.3) is 11.2 Å². The van der Waals surface area contributed by atoms with E-state index in [0.717, 1.165) is 15.7 Å². The molecule has 2 aromatic heterocycles. The minimum absolute atomic E-state index is 0.0206. The summed E-state index contributed by atoms with van der Waals surface area (Å²) in [6.07, 6.45) is 0. The lowest BCUT2D eigenvalue weighted by Gasteiger charge is -2.10. The third kappa shape index (κ3) is 4.06. The molecule has 0 fully saturated rings. The van der Waals surface area contributed by atoms with Crippen LogP contribution < -0.4 is 11.2 Å². The number of thioether (sulfide) groups is 1. The average molecular weight is 472 g/mol. The number of halogens is 1. The molecular weight excluding hydrogens is 454 g/mol. The molecular formula is C21H18ClN5O4S. The van der Waals surface area contributed by atoms with E-state index in [1.165, 1.54) is 35.5 Å². The summed E-state index contributed by atoms with van der Waals surface area (Å²) in [5.74, 6) is 0.482. The molecule has 0 aliphatic heterocycles. The maximum Gasteiger partial charge on any atom is 0.332 e. The number of non-ortho nitro benzene ring substituents is 1. The molecule has 4 aromatic rings. The van der Waals surface area contributed by atoms with Crippen molar-refractivity contribution in [3.05, 3.63) is 95.6 Å². The second-order valence-corrected chi connectivity index (χ2v) is 8.58. The highest BCUT2D eigenvalue weighted by molar-refractivity contribution is 7.98. The first-order valence-electron chi connectivity index (χ1n) is 9.53. The number of nitrogens with zero attached hydrogens (tertiary/aromatic N) is 5. The number of fused-ring (bicyclic) bond motifs is 1. The molecule has 2 heterocycles. The van der Waals surface area contributed by atoms with Crippen molar-refractivity contribution in [2.24, 2.45) is 14.1 Å². The quantitative estimate of drug-likeness (QED) is 0.242. The van der Waals surface area contributed by atoms with Crippen LogP contribution in [0.4, 0.5) is 5.69 Å². The fourth-order valence-corrected chi connectivity index (χ4v) is 4.39. The molecule has 0 aliphatic rings. The standard InChI is InChI=1S/C21H18ClN5O4S/c1-24-18-17(19(28)25(2)21(24)29)26(11-13-3-7-15(22)8-4-13)20(23-18)32-12-14-5-9-16(10-6-14)27(30)31/h3-10H,11-12H2,1-2H3. The molecule has 0 spiro atoms. The summed E-state index contributed by atoms with van der Waals surface area (Å²) in [6, 6.07) is 13.5. The predicted octanol–water partition coefficient (Wildman–Crippen LogP) is 3.34. The van der Waals surface area contributed by atoms with Crippen molar-refractivity contribution >= 4 is 40.2 Å². The first kappa shape index (κ1) is 21.8. The number of hydrogen-bond acceptors (Lipinski definition) is 6. The topological polar surface area (TPSA) is 105 Å². The highest BCUT2D eigenvalue weighted by Gasteiger charge is 2.20. The maximum absolute atomic E-state index is 12.9. The van der Waals surface area contributed by atoms with Crippen LogP contribution in [-0.2, 0) is 26.4 Å². The van der Waals surface area contributed by atoms with Gasteiger partial charge < -0.3 is 4.57 Å². The Morgan fingerprint density at radius 2 is 1.62 bits per heavy atom. The Balaban J connectivity index is 1.78. The molecule has 9 nitrogen and oxygen atoms in total. The number of imidazole rings is 1. The number of aromatic nitrogens is 4. The van der Waals surface area contributed by atoms with E-state index in [1.807, 2.05) is 12.1 Å². The summed E-state index contributed by atoms with van der Waals surface area (Å²) >= 11 is 7.38. The van der Waals surface area contributed by atoms with Gasteiger partial charge in [-0.15, -0.1) is 0 Å². The fraction of sp³-hybridized carbons (Fsp3) is 0.190. The van der Waals surface area contributed by atoms with Crippen LogP contribution in [-0.4, -0.2) is 23.6 Å². The van der Waals surface area contributed by atoms with Gasteiger partial charge in [0.05, 0.1) is 11.5 Å². The van der Waals surface area contributed by atoms with E-state index in [-0.39, 0.29) is 5.69 Å². The van der Waals surface area contributed by atoms with Crippen molar-refractivity contribution in [1.82, 2.24) is 18.7 Å². The first-order chi connectivity index (χ1) is 15.3. The fourth-order valence-electron chi connectivity index (χ4n) is 3.32. The normalized spacial score (nSPS) is 11.2. The van der Waals surface area contributed by atoms with E-state index >= 15 is 0 Å². The van der Waals surface area contributed by atoms with Crippen LogP contribution in [0.1, 0.15) is 11.1 Å². The number of nitro benzene ring substituents is 1. The molecule has 0 aliphatic carbocycles. The molecule has 0 amide bonds. The molecule has 4 rings (SSSR count). The largest absolute Gasteiger partial charge is 0.332 e. The van der Waals surface area contributed by atoms with E-state index in [4.69, 9.17) is 11.6 Å². The number of aryl methyl sites for hydroxylation is 1. The third-order valence-electron chi connectivity index (χ3n) is 5.08. The van der Waals surface area contributed by atoms with Gasteiger partial charge in [-0.1, -0.05) is 47.6 Å². The van der Waals surface area contributed by atoms with Crippen molar-refractivity contribution in [3.63, 3.8) is 0 Å². The third-order valence-corrected chi connectivity index (χ3v) is 6.38. The van der Waals surface area contributed by atoms with Gasteiger partial charge in [0.15, 0.2) is 16.3 Å². The highest BCUT2D eigenvalue weighted by Crippen LogP contribution is 2.27. The van der Waals surface area contributed by atoms with E-state index in [2.05, 4.69) is 4.98 Å². The predicted molar refractivity (Wildman–Crippen MR) is 123 cm³/mol. The van der Waals surface area contributed by atoms with Crippen molar-refractivity contribution < 1.29 is 4.92 Å². The summed E-state index contributed by atoms with van der Waals surface area (Å²) in [6.45, 7) is 0.365. The number of hydrogen-bond donors (Lipinski definition) is 0. The average Bonchev–Trinajstić information content (AvgIpc) is 3.15. The highest BCUT2D eigenvalue weighted by atomic mass is 35.5. The van der Waals surface area contributed by atoms with Crippen LogP contribution in [0.15, 0.2) is 63.3 Å². The lowest BCUT2D eigenvalue weighted by atomic mass is 10.2. The summed E-state index contributed by atoms with van der Waals surface area (Å²) in [5, 5.41) is 12.0. The van der Waals surface area contributed by atoms with Gasteiger partial charge in [-0.3, -0.25) is 24.0 Å². The Bertz CT molecular complexity index is 1440. The Kier molecular flexibility index (Phi) is 5.90. The summed E-state index contributed by atoms with van der Waals surface area (Å²) in [5.41, 5.74) is 1.56. The van der Waals surface area contributed by atoms with Gasteiger partial charge >= 0.3 is 5.69 Å². The monoisotopic (exact) mass is 471 g/mol. The molecule has 0 N–H and O–H groups in total. The molecule has 11 heteroatoms. The number of rotatable bonds is 6. The van der Waals surface area contributed by atoms with Crippen molar-refractivity contribution in [2.75, 3.05) is 0 Å². The molecule has 0 unspecified atom stereocenters.